The van der Waals surface area contributed by atoms with Crippen molar-refractivity contribution in [1.29, 1.82) is 0 Å². The number of hydrogen-bond acceptors (Lipinski definition) is 6. The van der Waals surface area contributed by atoms with Crippen molar-refractivity contribution in [3.05, 3.63) is 35.7 Å². The van der Waals surface area contributed by atoms with Crippen LogP contribution in [0.1, 0.15) is 50.4 Å². The Balaban J connectivity index is 1.51. The predicted octanol–water partition coefficient (Wildman–Crippen LogP) is 2.80. The van der Waals surface area contributed by atoms with Crippen LogP contribution in [0.5, 0.6) is 5.75 Å². The van der Waals surface area contributed by atoms with Crippen LogP contribution in [0, 0.1) is 0 Å². The summed E-state index contributed by atoms with van der Waals surface area (Å²) in [7, 11) is 0. The normalized spacial score (nSPS) is 14.6. The number of piperidine rings is 1. The number of amides is 1. The van der Waals surface area contributed by atoms with Gasteiger partial charge in [-0.3, -0.25) is 4.79 Å². The highest BCUT2D eigenvalue weighted by Gasteiger charge is 2.18. The van der Waals surface area contributed by atoms with Crippen molar-refractivity contribution in [1.82, 2.24) is 19.8 Å². The lowest BCUT2D eigenvalue weighted by Crippen LogP contribution is -2.36. The van der Waals surface area contributed by atoms with E-state index in [2.05, 4.69) is 36.2 Å². The fourth-order valence-electron chi connectivity index (χ4n) is 2.96. The first-order valence-electron chi connectivity index (χ1n) is 9.37. The molecule has 1 aliphatic rings. The lowest BCUT2D eigenvalue weighted by atomic mass is 10.0. The van der Waals surface area contributed by atoms with Crippen molar-refractivity contribution in [2.24, 2.45) is 0 Å². The zero-order chi connectivity index (χ0) is 19.2. The van der Waals surface area contributed by atoms with Gasteiger partial charge in [0.25, 0.3) is 0 Å². The van der Waals surface area contributed by atoms with Gasteiger partial charge in [-0.05, 0) is 42.9 Å². The number of benzene rings is 1. The Bertz CT molecular complexity index is 754. The fourth-order valence-corrected chi connectivity index (χ4v) is 3.74. The maximum absolute atomic E-state index is 12.3. The van der Waals surface area contributed by atoms with E-state index in [4.69, 9.17) is 10.6 Å². The summed E-state index contributed by atoms with van der Waals surface area (Å²) >= 11 is 1.31. The molecule has 1 amide bonds. The molecule has 1 fully saturated rings. The Labute approximate surface area is 164 Å². The molecule has 2 heterocycles. The highest BCUT2D eigenvalue weighted by atomic mass is 32.2. The van der Waals surface area contributed by atoms with Gasteiger partial charge in [0.15, 0.2) is 5.82 Å². The van der Waals surface area contributed by atoms with Gasteiger partial charge in [0.1, 0.15) is 12.4 Å². The number of nitrogens with two attached hydrogens (primary N) is 1. The summed E-state index contributed by atoms with van der Waals surface area (Å²) < 4.78 is 7.15. The van der Waals surface area contributed by atoms with Crippen molar-refractivity contribution in [2.45, 2.75) is 50.8 Å². The van der Waals surface area contributed by atoms with Gasteiger partial charge < -0.3 is 15.5 Å². The highest BCUT2D eigenvalue weighted by molar-refractivity contribution is 7.99. The Morgan fingerprint density at radius 1 is 1.19 bits per heavy atom. The van der Waals surface area contributed by atoms with Gasteiger partial charge in [-0.25, -0.2) is 4.68 Å². The summed E-state index contributed by atoms with van der Waals surface area (Å²) in [5.74, 6) is 8.29. The van der Waals surface area contributed by atoms with Crippen molar-refractivity contribution in [3.8, 4) is 5.75 Å². The van der Waals surface area contributed by atoms with Gasteiger partial charge in [-0.2, -0.15) is 0 Å². The van der Waals surface area contributed by atoms with Gasteiger partial charge in [-0.1, -0.05) is 37.7 Å². The molecule has 0 bridgehead atoms. The number of hydrogen-bond donors (Lipinski definition) is 1. The molecule has 1 aliphatic heterocycles. The average Bonchev–Trinajstić information content (AvgIpc) is 3.05. The third-order valence-electron chi connectivity index (χ3n) is 4.68. The molecule has 0 spiro atoms. The molecule has 0 radical (unpaired) electrons. The Hall–Kier alpha value is -2.22. The van der Waals surface area contributed by atoms with Crippen LogP contribution in [0.4, 0.5) is 0 Å². The third-order valence-corrected chi connectivity index (χ3v) is 5.61. The van der Waals surface area contributed by atoms with Crippen molar-refractivity contribution < 1.29 is 9.53 Å². The lowest BCUT2D eigenvalue weighted by molar-refractivity contribution is -0.129. The molecular formula is C19H27N5O2S. The summed E-state index contributed by atoms with van der Waals surface area (Å²) in [5, 5.41) is 8.69. The predicted molar refractivity (Wildman–Crippen MR) is 106 cm³/mol. The van der Waals surface area contributed by atoms with Gasteiger partial charge >= 0.3 is 0 Å². The Morgan fingerprint density at radius 2 is 1.89 bits per heavy atom. The van der Waals surface area contributed by atoms with Gasteiger partial charge in [0.2, 0.25) is 11.1 Å². The molecule has 7 nitrogen and oxygen atoms in total. The second-order valence-electron chi connectivity index (χ2n) is 7.01. The van der Waals surface area contributed by atoms with Crippen LogP contribution >= 0.6 is 11.8 Å². The number of ether oxygens (including phenoxy) is 1. The van der Waals surface area contributed by atoms with Crippen molar-refractivity contribution in [2.75, 3.05) is 24.7 Å². The SMILES string of the molecule is CC(C)c1ccc(OCc2nnc(SCC(=O)N3CCCCC3)n2N)cc1. The van der Waals surface area contributed by atoms with E-state index in [1.807, 2.05) is 17.0 Å². The van der Waals surface area contributed by atoms with E-state index in [9.17, 15) is 4.79 Å². The number of nitrogen functional groups attached to an aromatic ring is 1. The molecule has 8 heteroatoms. The summed E-state index contributed by atoms with van der Waals surface area (Å²) in [4.78, 5) is 14.2. The van der Waals surface area contributed by atoms with Crippen LogP contribution < -0.4 is 10.6 Å². The molecule has 1 saturated heterocycles. The molecule has 146 valence electrons. The zero-order valence-corrected chi connectivity index (χ0v) is 16.7. The molecule has 1 aromatic carbocycles. The average molecular weight is 390 g/mol. The fraction of sp³-hybridized carbons (Fsp3) is 0.526. The maximum atomic E-state index is 12.3. The van der Waals surface area contributed by atoms with Crippen molar-refractivity contribution >= 4 is 17.7 Å². The molecule has 27 heavy (non-hydrogen) atoms. The number of rotatable bonds is 7. The van der Waals surface area contributed by atoms with Crippen LogP contribution in [0.15, 0.2) is 29.4 Å². The number of aromatic nitrogens is 3. The summed E-state index contributed by atoms with van der Waals surface area (Å²) in [6.45, 7) is 6.24. The minimum absolute atomic E-state index is 0.130. The van der Waals surface area contributed by atoms with Crippen LogP contribution in [-0.4, -0.2) is 44.5 Å². The Morgan fingerprint density at radius 3 is 2.56 bits per heavy atom. The van der Waals surface area contributed by atoms with Gasteiger partial charge in [0.05, 0.1) is 5.75 Å². The van der Waals surface area contributed by atoms with Crippen LogP contribution in [0.3, 0.4) is 0 Å². The molecule has 0 saturated carbocycles. The van der Waals surface area contributed by atoms with Gasteiger partial charge in [0, 0.05) is 13.1 Å². The number of carbonyl (C=O) groups excluding carboxylic acids is 1. The molecule has 2 aromatic rings. The van der Waals surface area contributed by atoms with E-state index < -0.39 is 0 Å². The topological polar surface area (TPSA) is 86.3 Å². The second-order valence-corrected chi connectivity index (χ2v) is 7.95. The smallest absolute Gasteiger partial charge is 0.233 e. The van der Waals surface area contributed by atoms with Crippen LogP contribution in [0.2, 0.25) is 0 Å². The molecule has 2 N–H and O–H groups in total. The van der Waals surface area contributed by atoms with E-state index >= 15 is 0 Å². The first-order valence-corrected chi connectivity index (χ1v) is 10.4. The number of thioether (sulfide) groups is 1. The summed E-state index contributed by atoms with van der Waals surface area (Å²) in [5.41, 5.74) is 1.27. The standard InChI is InChI=1S/C19H27N5O2S/c1-14(2)15-6-8-16(9-7-15)26-12-17-21-22-19(24(17)20)27-13-18(25)23-10-4-3-5-11-23/h6-9,14H,3-5,10-13,20H2,1-2H3. The summed E-state index contributed by atoms with van der Waals surface area (Å²) in [6.07, 6.45) is 3.38. The monoisotopic (exact) mass is 389 g/mol. The molecule has 0 aliphatic carbocycles. The van der Waals surface area contributed by atoms with E-state index in [0.29, 0.717) is 22.7 Å². The number of carbonyl (C=O) groups is 1. The van der Waals surface area contributed by atoms with E-state index in [0.717, 1.165) is 31.7 Å². The number of nitrogens with zero attached hydrogens (tertiary/aromatic N) is 4. The molecular weight excluding hydrogens is 362 g/mol. The molecule has 0 atom stereocenters. The highest BCUT2D eigenvalue weighted by Crippen LogP contribution is 2.20. The lowest BCUT2D eigenvalue weighted by Gasteiger charge is -2.26. The largest absolute Gasteiger partial charge is 0.486 e. The first kappa shape index (κ1) is 19.5. The minimum Gasteiger partial charge on any atom is -0.486 e. The zero-order valence-electron chi connectivity index (χ0n) is 15.9. The third kappa shape index (κ3) is 5.15. The van der Waals surface area contributed by atoms with Crippen LogP contribution in [-0.2, 0) is 11.4 Å². The summed E-state index contributed by atoms with van der Waals surface area (Å²) in [6, 6.07) is 8.00. The molecule has 3 rings (SSSR count). The number of likely N-dealkylation sites (tertiary alicyclic amines) is 1. The van der Waals surface area contributed by atoms with Crippen LogP contribution in [0.25, 0.3) is 0 Å². The van der Waals surface area contributed by atoms with E-state index in [1.54, 1.807) is 0 Å². The maximum Gasteiger partial charge on any atom is 0.233 e. The van der Waals surface area contributed by atoms with E-state index in [1.165, 1.54) is 28.4 Å². The second kappa shape index (κ2) is 9.12. The van der Waals surface area contributed by atoms with Gasteiger partial charge in [-0.15, -0.1) is 10.2 Å². The minimum atomic E-state index is 0.130. The quantitative estimate of drug-likeness (QED) is 0.579. The first-order chi connectivity index (χ1) is 13.0. The molecule has 0 unspecified atom stereocenters. The molecule has 1 aromatic heterocycles. The Kier molecular flexibility index (Phi) is 6.60. The van der Waals surface area contributed by atoms with E-state index in [-0.39, 0.29) is 12.5 Å². The van der Waals surface area contributed by atoms with Crippen molar-refractivity contribution in [3.63, 3.8) is 0 Å².